The van der Waals surface area contributed by atoms with E-state index >= 15 is 0 Å². The lowest BCUT2D eigenvalue weighted by Crippen LogP contribution is -2.44. The second-order valence-electron chi connectivity index (χ2n) is 8.20. The van der Waals surface area contributed by atoms with Crippen LogP contribution in [-0.2, 0) is 14.6 Å². The molecule has 4 rings (SSSR count). The van der Waals surface area contributed by atoms with Gasteiger partial charge in [0.2, 0.25) is 5.91 Å². The van der Waals surface area contributed by atoms with Crippen LogP contribution in [0.25, 0.3) is 22.0 Å². The van der Waals surface area contributed by atoms with Crippen molar-refractivity contribution in [3.63, 3.8) is 0 Å². The Morgan fingerprint density at radius 2 is 1.97 bits per heavy atom. The predicted octanol–water partition coefficient (Wildman–Crippen LogP) is 4.43. The Kier molecular flexibility index (Phi) is 6.95. The van der Waals surface area contributed by atoms with Crippen LogP contribution < -0.4 is 4.74 Å². The smallest absolute Gasteiger partial charge is 0.236 e. The van der Waals surface area contributed by atoms with E-state index in [1.165, 1.54) is 11.8 Å². The third-order valence-corrected chi connectivity index (χ3v) is 8.75. The highest BCUT2D eigenvalue weighted by Crippen LogP contribution is 2.35. The predicted molar refractivity (Wildman–Crippen MR) is 133 cm³/mol. The Bertz CT molecular complexity index is 1260. The van der Waals surface area contributed by atoms with E-state index in [2.05, 4.69) is 12.1 Å². The van der Waals surface area contributed by atoms with Gasteiger partial charge in [-0.3, -0.25) is 4.79 Å². The van der Waals surface area contributed by atoms with Crippen LogP contribution in [0.4, 0.5) is 0 Å². The highest BCUT2D eigenvalue weighted by atomic mass is 32.2. The second kappa shape index (κ2) is 9.73. The zero-order chi connectivity index (χ0) is 23.6. The quantitative estimate of drug-likeness (QED) is 0.462. The number of carbonyl (C=O) groups excluding carboxylic acids is 1. The average Bonchev–Trinajstić information content (AvgIpc) is 3.18. The first-order valence-corrected chi connectivity index (χ1v) is 13.7. The zero-order valence-electron chi connectivity index (χ0n) is 19.0. The van der Waals surface area contributed by atoms with E-state index in [1.54, 1.807) is 12.0 Å². The molecule has 6 nitrogen and oxygen atoms in total. The van der Waals surface area contributed by atoms with Crippen LogP contribution in [0.15, 0.2) is 59.6 Å². The van der Waals surface area contributed by atoms with E-state index in [-0.39, 0.29) is 23.5 Å². The van der Waals surface area contributed by atoms with E-state index in [0.29, 0.717) is 13.0 Å². The number of benzene rings is 2. The summed E-state index contributed by atoms with van der Waals surface area (Å²) in [5, 5.41) is 1.36. The molecule has 0 radical (unpaired) electrons. The summed E-state index contributed by atoms with van der Waals surface area (Å²) in [5.41, 5.74) is 2.91. The van der Waals surface area contributed by atoms with Gasteiger partial charge < -0.3 is 9.64 Å². The second-order valence-corrected chi connectivity index (χ2v) is 11.8. The number of fused-ring (bicyclic) bond motifs is 1. The molecule has 1 aromatic heterocycles. The Morgan fingerprint density at radius 3 is 2.61 bits per heavy atom. The molecule has 1 saturated heterocycles. The molecule has 0 bridgehead atoms. The van der Waals surface area contributed by atoms with Gasteiger partial charge in [-0.15, -0.1) is 0 Å². The average molecular weight is 485 g/mol. The summed E-state index contributed by atoms with van der Waals surface area (Å²) in [7, 11) is -1.43. The molecule has 2 atom stereocenters. The number of hydrogen-bond donors (Lipinski definition) is 0. The van der Waals surface area contributed by atoms with Gasteiger partial charge in [-0.2, -0.15) is 0 Å². The topological polar surface area (TPSA) is 76.6 Å². The molecule has 2 aromatic carbocycles. The van der Waals surface area contributed by atoms with Gasteiger partial charge >= 0.3 is 0 Å². The standard InChI is InChI=1S/C25H28N2O4S2/c1-4-27(19-12-13-33(29,30)16-19)25(28)17(2)32-24-15-22(18-8-6-5-7-9-18)21-11-10-20(31-3)14-23(21)26-24/h5-11,14-15,17,19H,4,12-13,16H2,1-3H3/t17-,19+/m1/s1. The molecule has 2 heterocycles. The minimum atomic E-state index is -3.06. The molecule has 0 unspecified atom stereocenters. The zero-order valence-corrected chi connectivity index (χ0v) is 20.7. The Hall–Kier alpha value is -2.58. The van der Waals surface area contributed by atoms with Crippen molar-refractivity contribution >= 4 is 38.4 Å². The van der Waals surface area contributed by atoms with Crippen LogP contribution in [0.1, 0.15) is 20.3 Å². The van der Waals surface area contributed by atoms with Crippen LogP contribution >= 0.6 is 11.8 Å². The van der Waals surface area contributed by atoms with Gasteiger partial charge in [0, 0.05) is 24.0 Å². The molecule has 1 fully saturated rings. The summed E-state index contributed by atoms with van der Waals surface area (Å²) in [5.74, 6) is 0.867. The van der Waals surface area contributed by atoms with Crippen molar-refractivity contribution in [1.82, 2.24) is 9.88 Å². The third kappa shape index (κ3) is 5.17. The molecule has 1 amide bonds. The van der Waals surface area contributed by atoms with Crippen molar-refractivity contribution in [3.05, 3.63) is 54.6 Å². The van der Waals surface area contributed by atoms with Crippen LogP contribution in [0.3, 0.4) is 0 Å². The van der Waals surface area contributed by atoms with Gasteiger partial charge in [0.15, 0.2) is 9.84 Å². The first kappa shape index (κ1) is 23.6. The maximum atomic E-state index is 13.3. The minimum absolute atomic E-state index is 0.0517. The molecular formula is C25H28N2O4S2. The fourth-order valence-electron chi connectivity index (χ4n) is 4.31. The first-order chi connectivity index (χ1) is 15.8. The third-order valence-electron chi connectivity index (χ3n) is 6.00. The van der Waals surface area contributed by atoms with Gasteiger partial charge in [0.25, 0.3) is 0 Å². The van der Waals surface area contributed by atoms with Crippen LogP contribution in [0, 0.1) is 0 Å². The monoisotopic (exact) mass is 484 g/mol. The highest BCUT2D eigenvalue weighted by molar-refractivity contribution is 8.00. The van der Waals surface area contributed by atoms with E-state index < -0.39 is 15.1 Å². The number of carbonyl (C=O) groups is 1. The molecule has 0 aliphatic carbocycles. The summed E-state index contributed by atoms with van der Waals surface area (Å²) < 4.78 is 29.3. The number of aromatic nitrogens is 1. The number of pyridine rings is 1. The highest BCUT2D eigenvalue weighted by Gasteiger charge is 2.35. The molecular weight excluding hydrogens is 456 g/mol. The van der Waals surface area contributed by atoms with E-state index in [0.717, 1.165) is 32.8 Å². The molecule has 33 heavy (non-hydrogen) atoms. The van der Waals surface area contributed by atoms with Crippen LogP contribution in [0.2, 0.25) is 0 Å². The van der Waals surface area contributed by atoms with E-state index in [4.69, 9.17) is 9.72 Å². The van der Waals surface area contributed by atoms with Gasteiger partial charge in [-0.05, 0) is 49.6 Å². The Labute approximate surface area is 199 Å². The van der Waals surface area contributed by atoms with Crippen molar-refractivity contribution in [3.8, 4) is 16.9 Å². The van der Waals surface area contributed by atoms with Crippen molar-refractivity contribution in [2.45, 2.75) is 36.6 Å². The normalized spacial score (nSPS) is 18.2. The number of rotatable bonds is 7. The summed E-state index contributed by atoms with van der Waals surface area (Å²) in [6.07, 6.45) is 0.505. The number of amides is 1. The maximum Gasteiger partial charge on any atom is 0.236 e. The number of nitrogens with zero attached hydrogens (tertiary/aromatic N) is 2. The Balaban J connectivity index is 1.65. The largest absolute Gasteiger partial charge is 0.497 e. The summed E-state index contributed by atoms with van der Waals surface area (Å²) >= 11 is 1.40. The van der Waals surface area contributed by atoms with Gasteiger partial charge in [0.1, 0.15) is 5.75 Å². The lowest BCUT2D eigenvalue weighted by Gasteiger charge is -2.29. The summed E-state index contributed by atoms with van der Waals surface area (Å²) in [6.45, 7) is 4.24. The lowest BCUT2D eigenvalue weighted by molar-refractivity contribution is -0.131. The molecule has 0 saturated carbocycles. The maximum absolute atomic E-state index is 13.3. The lowest BCUT2D eigenvalue weighted by atomic mass is 10.0. The van der Waals surface area contributed by atoms with Crippen LogP contribution in [-0.4, -0.2) is 60.7 Å². The fraction of sp³-hybridized carbons (Fsp3) is 0.360. The first-order valence-electron chi connectivity index (χ1n) is 11.0. The molecule has 1 aliphatic rings. The Morgan fingerprint density at radius 1 is 1.21 bits per heavy atom. The number of thioether (sulfide) groups is 1. The molecule has 0 spiro atoms. The fourth-order valence-corrected chi connectivity index (χ4v) is 6.97. The minimum Gasteiger partial charge on any atom is -0.497 e. The van der Waals surface area contributed by atoms with Crippen molar-refractivity contribution in [1.29, 1.82) is 0 Å². The number of sulfone groups is 1. The van der Waals surface area contributed by atoms with E-state index in [1.807, 2.05) is 56.3 Å². The van der Waals surface area contributed by atoms with Crippen molar-refractivity contribution < 1.29 is 17.9 Å². The number of ether oxygens (including phenoxy) is 1. The van der Waals surface area contributed by atoms with Gasteiger partial charge in [-0.1, -0.05) is 42.1 Å². The number of methoxy groups -OCH3 is 1. The van der Waals surface area contributed by atoms with Gasteiger partial charge in [-0.25, -0.2) is 13.4 Å². The van der Waals surface area contributed by atoms with Crippen LogP contribution in [0.5, 0.6) is 5.75 Å². The molecule has 3 aromatic rings. The molecule has 174 valence electrons. The molecule has 0 N–H and O–H groups in total. The molecule has 1 aliphatic heterocycles. The number of hydrogen-bond acceptors (Lipinski definition) is 6. The van der Waals surface area contributed by atoms with E-state index in [9.17, 15) is 13.2 Å². The SMILES string of the molecule is CCN(C(=O)[C@@H](C)Sc1cc(-c2ccccc2)c2ccc(OC)cc2n1)[C@H]1CCS(=O)(=O)C1. The van der Waals surface area contributed by atoms with Crippen molar-refractivity contribution in [2.24, 2.45) is 0 Å². The summed E-state index contributed by atoms with van der Waals surface area (Å²) in [6, 6.07) is 17.7. The van der Waals surface area contributed by atoms with Gasteiger partial charge in [0.05, 0.1) is 34.4 Å². The van der Waals surface area contributed by atoms with Crippen molar-refractivity contribution in [2.75, 3.05) is 25.2 Å². The summed E-state index contributed by atoms with van der Waals surface area (Å²) in [4.78, 5) is 19.8. The molecule has 8 heteroatoms.